The quantitative estimate of drug-likeness (QED) is 0.581. The summed E-state index contributed by atoms with van der Waals surface area (Å²) in [6.45, 7) is 7.35. The van der Waals surface area contributed by atoms with E-state index in [1.165, 1.54) is 0 Å². The van der Waals surface area contributed by atoms with Gasteiger partial charge in [-0.2, -0.15) is 0 Å². The summed E-state index contributed by atoms with van der Waals surface area (Å²) in [5.41, 5.74) is 2.02. The zero-order valence-corrected chi connectivity index (χ0v) is 16.9. The largest absolute Gasteiger partial charge is 0.497 e. The lowest BCUT2D eigenvalue weighted by atomic mass is 10.1. The van der Waals surface area contributed by atoms with Crippen LogP contribution in [0, 0.1) is 6.92 Å². The molecule has 0 aliphatic carbocycles. The molecule has 3 aromatic rings. The van der Waals surface area contributed by atoms with E-state index in [4.69, 9.17) is 9.84 Å². The minimum Gasteiger partial charge on any atom is -0.497 e. The van der Waals surface area contributed by atoms with Crippen molar-refractivity contribution < 1.29 is 9.84 Å². The SMILES string of the molecule is CCN(CCO)CCNc1ccc(C)c2sc3cc(OC)ccc3c(=O)c12. The summed E-state index contributed by atoms with van der Waals surface area (Å²) in [6.07, 6.45) is 0. The third-order valence-corrected chi connectivity index (χ3v) is 6.12. The number of nitrogens with zero attached hydrogens (tertiary/aromatic N) is 1. The molecule has 0 fully saturated rings. The lowest BCUT2D eigenvalue weighted by Crippen LogP contribution is -2.31. The van der Waals surface area contributed by atoms with Crippen molar-refractivity contribution in [1.82, 2.24) is 4.90 Å². The highest BCUT2D eigenvalue weighted by Crippen LogP contribution is 2.33. The van der Waals surface area contributed by atoms with E-state index in [2.05, 4.69) is 23.2 Å². The summed E-state index contributed by atoms with van der Waals surface area (Å²) < 4.78 is 7.25. The molecule has 2 aromatic carbocycles. The first-order valence-electron chi connectivity index (χ1n) is 9.20. The zero-order chi connectivity index (χ0) is 19.4. The summed E-state index contributed by atoms with van der Waals surface area (Å²) in [6, 6.07) is 9.65. The number of anilines is 1. The van der Waals surface area contributed by atoms with Crippen LogP contribution < -0.4 is 15.5 Å². The maximum atomic E-state index is 13.2. The van der Waals surface area contributed by atoms with Gasteiger partial charge in [-0.15, -0.1) is 11.3 Å². The topological polar surface area (TPSA) is 61.8 Å². The van der Waals surface area contributed by atoms with Gasteiger partial charge in [-0.3, -0.25) is 9.69 Å². The minimum atomic E-state index is 0.0512. The second-order valence-electron chi connectivity index (χ2n) is 6.51. The molecule has 0 amide bonds. The number of aliphatic hydroxyl groups is 1. The van der Waals surface area contributed by atoms with Crippen LogP contribution in [-0.2, 0) is 0 Å². The van der Waals surface area contributed by atoms with Gasteiger partial charge in [0.05, 0.1) is 19.1 Å². The molecule has 0 unspecified atom stereocenters. The molecule has 0 atom stereocenters. The molecule has 0 radical (unpaired) electrons. The Balaban J connectivity index is 2.00. The average molecular weight is 387 g/mol. The van der Waals surface area contributed by atoms with Gasteiger partial charge in [0, 0.05) is 40.1 Å². The van der Waals surface area contributed by atoms with Crippen LogP contribution in [0.15, 0.2) is 35.1 Å². The molecular formula is C21H26N2O3S. The molecular weight excluding hydrogens is 360 g/mol. The Hall–Kier alpha value is -2.15. The Morgan fingerprint density at radius 1 is 1.22 bits per heavy atom. The molecule has 1 heterocycles. The van der Waals surface area contributed by atoms with Crippen molar-refractivity contribution in [3.8, 4) is 5.75 Å². The fourth-order valence-corrected chi connectivity index (χ4v) is 4.45. The van der Waals surface area contributed by atoms with Crippen LogP contribution in [0.2, 0.25) is 0 Å². The van der Waals surface area contributed by atoms with Gasteiger partial charge in [0.25, 0.3) is 0 Å². The number of hydrogen-bond donors (Lipinski definition) is 2. The lowest BCUT2D eigenvalue weighted by molar-refractivity contribution is 0.206. The second kappa shape index (κ2) is 8.69. The van der Waals surface area contributed by atoms with E-state index in [-0.39, 0.29) is 12.0 Å². The smallest absolute Gasteiger partial charge is 0.197 e. The number of rotatable bonds is 8. The zero-order valence-electron chi connectivity index (χ0n) is 16.0. The minimum absolute atomic E-state index is 0.0512. The van der Waals surface area contributed by atoms with Gasteiger partial charge in [0.1, 0.15) is 5.75 Å². The van der Waals surface area contributed by atoms with Crippen LogP contribution in [0.1, 0.15) is 12.5 Å². The van der Waals surface area contributed by atoms with Crippen LogP contribution in [-0.4, -0.2) is 49.9 Å². The molecule has 1 aromatic heterocycles. The number of ether oxygens (including phenoxy) is 1. The van der Waals surface area contributed by atoms with Crippen molar-refractivity contribution >= 4 is 37.2 Å². The highest BCUT2D eigenvalue weighted by Gasteiger charge is 2.13. The van der Waals surface area contributed by atoms with Crippen molar-refractivity contribution in [3.05, 3.63) is 46.1 Å². The van der Waals surface area contributed by atoms with Crippen LogP contribution in [0.25, 0.3) is 20.2 Å². The van der Waals surface area contributed by atoms with Crippen LogP contribution in [0.4, 0.5) is 5.69 Å². The van der Waals surface area contributed by atoms with Gasteiger partial charge in [-0.05, 0) is 43.3 Å². The van der Waals surface area contributed by atoms with Gasteiger partial charge in [0.15, 0.2) is 5.43 Å². The maximum Gasteiger partial charge on any atom is 0.197 e. The number of aryl methyl sites for hydroxylation is 1. The van der Waals surface area contributed by atoms with Crippen molar-refractivity contribution in [2.45, 2.75) is 13.8 Å². The Kier molecular flexibility index (Phi) is 6.31. The van der Waals surface area contributed by atoms with Gasteiger partial charge in [-0.1, -0.05) is 13.0 Å². The first-order valence-corrected chi connectivity index (χ1v) is 10.0. The highest BCUT2D eigenvalue weighted by molar-refractivity contribution is 7.24. The standard InChI is InChI=1S/C21H26N2O3S/c1-4-23(11-12-24)10-9-22-17-8-5-14(2)21-19(17)20(25)16-7-6-15(26-3)13-18(16)27-21/h5-8,13,22,24H,4,9-12H2,1-3H3. The molecule has 0 spiro atoms. The Morgan fingerprint density at radius 2 is 2.04 bits per heavy atom. The highest BCUT2D eigenvalue weighted by atomic mass is 32.1. The molecule has 0 saturated carbocycles. The third-order valence-electron chi connectivity index (χ3n) is 4.83. The molecule has 0 aliphatic rings. The lowest BCUT2D eigenvalue weighted by Gasteiger charge is -2.20. The number of methoxy groups -OCH3 is 1. The molecule has 0 bridgehead atoms. The van der Waals surface area contributed by atoms with Crippen molar-refractivity contribution in [3.63, 3.8) is 0 Å². The first-order chi connectivity index (χ1) is 13.1. The molecule has 27 heavy (non-hydrogen) atoms. The summed E-state index contributed by atoms with van der Waals surface area (Å²) in [5.74, 6) is 0.757. The van der Waals surface area contributed by atoms with E-state index in [1.54, 1.807) is 18.4 Å². The molecule has 6 heteroatoms. The number of benzene rings is 2. The van der Waals surface area contributed by atoms with E-state index in [1.807, 2.05) is 31.2 Å². The summed E-state index contributed by atoms with van der Waals surface area (Å²) in [4.78, 5) is 15.4. The fourth-order valence-electron chi connectivity index (χ4n) is 3.26. The van der Waals surface area contributed by atoms with Crippen molar-refractivity contribution in [1.29, 1.82) is 0 Å². The predicted octanol–water partition coefficient (Wildman–Crippen LogP) is 3.46. The van der Waals surface area contributed by atoms with Gasteiger partial charge >= 0.3 is 0 Å². The normalized spacial score (nSPS) is 11.4. The molecule has 144 valence electrons. The Labute approximate surface area is 163 Å². The summed E-state index contributed by atoms with van der Waals surface area (Å²) in [5, 5.41) is 14.0. The van der Waals surface area contributed by atoms with E-state index < -0.39 is 0 Å². The third kappa shape index (κ3) is 4.08. The average Bonchev–Trinajstić information content (AvgIpc) is 2.68. The number of nitrogens with one attached hydrogen (secondary N) is 1. The molecule has 3 rings (SSSR count). The number of aliphatic hydroxyl groups excluding tert-OH is 1. The van der Waals surface area contributed by atoms with E-state index in [0.717, 1.165) is 56.8 Å². The van der Waals surface area contributed by atoms with Gasteiger partial charge in [-0.25, -0.2) is 0 Å². The predicted molar refractivity (Wildman–Crippen MR) is 115 cm³/mol. The van der Waals surface area contributed by atoms with Crippen LogP contribution in [0.5, 0.6) is 5.75 Å². The number of hydrogen-bond acceptors (Lipinski definition) is 6. The van der Waals surface area contributed by atoms with Crippen molar-refractivity contribution in [2.75, 3.05) is 45.2 Å². The van der Waals surface area contributed by atoms with Crippen molar-refractivity contribution in [2.24, 2.45) is 0 Å². The van der Waals surface area contributed by atoms with Gasteiger partial charge in [0.2, 0.25) is 0 Å². The number of fused-ring (bicyclic) bond motifs is 2. The monoisotopic (exact) mass is 386 g/mol. The first kappa shape index (κ1) is 19.6. The van der Waals surface area contributed by atoms with E-state index in [0.29, 0.717) is 6.54 Å². The molecule has 0 aliphatic heterocycles. The Bertz CT molecular complexity index is 1000. The van der Waals surface area contributed by atoms with Gasteiger partial charge < -0.3 is 15.2 Å². The molecule has 5 nitrogen and oxygen atoms in total. The summed E-state index contributed by atoms with van der Waals surface area (Å²) >= 11 is 1.62. The molecule has 2 N–H and O–H groups in total. The second-order valence-corrected chi connectivity index (χ2v) is 7.56. The van der Waals surface area contributed by atoms with Crippen LogP contribution in [0.3, 0.4) is 0 Å². The maximum absolute atomic E-state index is 13.2. The van der Waals surface area contributed by atoms with E-state index in [9.17, 15) is 4.79 Å². The molecule has 0 saturated heterocycles. The summed E-state index contributed by atoms with van der Waals surface area (Å²) in [7, 11) is 1.63. The number of likely N-dealkylation sites (N-methyl/N-ethyl adjacent to an activating group) is 1. The Morgan fingerprint density at radius 3 is 2.74 bits per heavy atom. The fraction of sp³-hybridized carbons (Fsp3) is 0.381. The van der Waals surface area contributed by atoms with Crippen LogP contribution >= 0.6 is 11.3 Å². The van der Waals surface area contributed by atoms with E-state index >= 15 is 0 Å².